The first-order chi connectivity index (χ1) is 13.9. The number of ether oxygens (including phenoxy) is 1. The molecular weight excluding hydrogens is 438 g/mol. The van der Waals surface area contributed by atoms with E-state index in [-0.39, 0.29) is 17.0 Å². The molecular formula is C22H14BrNO5. The van der Waals surface area contributed by atoms with Crippen molar-refractivity contribution in [2.24, 2.45) is 0 Å². The second kappa shape index (κ2) is 9.07. The van der Waals surface area contributed by atoms with Gasteiger partial charge in [-0.2, -0.15) is 0 Å². The number of allylic oxidation sites excluding steroid dienone is 1. The van der Waals surface area contributed by atoms with Crippen LogP contribution in [0.4, 0.5) is 5.69 Å². The zero-order valence-corrected chi connectivity index (χ0v) is 16.5. The topological polar surface area (TPSA) is 86.5 Å². The van der Waals surface area contributed by atoms with Gasteiger partial charge in [0.15, 0.2) is 5.78 Å². The maximum Gasteiger partial charge on any atom is 0.343 e. The van der Waals surface area contributed by atoms with Crippen LogP contribution in [-0.4, -0.2) is 16.7 Å². The summed E-state index contributed by atoms with van der Waals surface area (Å²) in [5.74, 6) is -0.412. The van der Waals surface area contributed by atoms with Gasteiger partial charge in [-0.3, -0.25) is 14.9 Å². The first kappa shape index (κ1) is 20.2. The summed E-state index contributed by atoms with van der Waals surface area (Å²) < 4.78 is 6.16. The van der Waals surface area contributed by atoms with E-state index in [0.29, 0.717) is 11.3 Å². The van der Waals surface area contributed by atoms with E-state index in [2.05, 4.69) is 15.9 Å². The summed E-state index contributed by atoms with van der Waals surface area (Å²) in [5, 5.41) is 10.7. The van der Waals surface area contributed by atoms with Gasteiger partial charge < -0.3 is 4.74 Å². The number of esters is 1. The van der Waals surface area contributed by atoms with Crippen molar-refractivity contribution in [3.05, 3.63) is 110 Å². The van der Waals surface area contributed by atoms with Crippen LogP contribution < -0.4 is 4.74 Å². The van der Waals surface area contributed by atoms with Gasteiger partial charge in [-0.15, -0.1) is 0 Å². The molecule has 0 heterocycles. The largest absolute Gasteiger partial charge is 0.423 e. The van der Waals surface area contributed by atoms with Crippen molar-refractivity contribution in [2.45, 2.75) is 0 Å². The van der Waals surface area contributed by atoms with E-state index in [1.165, 1.54) is 30.3 Å². The van der Waals surface area contributed by atoms with Crippen molar-refractivity contribution < 1.29 is 19.2 Å². The monoisotopic (exact) mass is 451 g/mol. The third kappa shape index (κ3) is 5.46. The zero-order chi connectivity index (χ0) is 20.8. The molecule has 0 aliphatic carbocycles. The van der Waals surface area contributed by atoms with E-state index in [0.717, 1.165) is 10.0 Å². The van der Waals surface area contributed by atoms with Crippen LogP contribution in [0.2, 0.25) is 0 Å². The highest BCUT2D eigenvalue weighted by atomic mass is 79.9. The molecule has 0 saturated carbocycles. The van der Waals surface area contributed by atoms with Gasteiger partial charge in [-0.25, -0.2) is 4.79 Å². The molecule has 3 aromatic carbocycles. The van der Waals surface area contributed by atoms with E-state index in [1.807, 2.05) is 0 Å². The second-order valence-corrected chi connectivity index (χ2v) is 6.88. The third-order valence-corrected chi connectivity index (χ3v) is 4.49. The van der Waals surface area contributed by atoms with Crippen LogP contribution in [0.5, 0.6) is 5.75 Å². The first-order valence-electron chi connectivity index (χ1n) is 8.47. The van der Waals surface area contributed by atoms with E-state index in [4.69, 9.17) is 4.74 Å². The van der Waals surface area contributed by atoms with Gasteiger partial charge in [0.2, 0.25) is 0 Å². The Kier molecular flexibility index (Phi) is 6.31. The average Bonchev–Trinajstić information content (AvgIpc) is 2.73. The van der Waals surface area contributed by atoms with E-state index in [1.54, 1.807) is 54.6 Å². The van der Waals surface area contributed by atoms with Crippen molar-refractivity contribution in [3.63, 3.8) is 0 Å². The number of hydrogen-bond acceptors (Lipinski definition) is 5. The van der Waals surface area contributed by atoms with Crippen molar-refractivity contribution in [2.75, 3.05) is 0 Å². The predicted molar refractivity (Wildman–Crippen MR) is 112 cm³/mol. The molecule has 0 atom stereocenters. The number of carbonyl (C=O) groups excluding carboxylic acids is 2. The normalized spacial score (nSPS) is 10.7. The Morgan fingerprint density at radius 1 is 0.862 bits per heavy atom. The highest BCUT2D eigenvalue weighted by Gasteiger charge is 2.11. The van der Waals surface area contributed by atoms with Crippen LogP contribution in [0.15, 0.2) is 83.3 Å². The van der Waals surface area contributed by atoms with Gasteiger partial charge in [-0.1, -0.05) is 34.1 Å². The molecule has 0 fully saturated rings. The van der Waals surface area contributed by atoms with E-state index < -0.39 is 10.9 Å². The molecule has 0 radical (unpaired) electrons. The molecule has 144 valence electrons. The molecule has 0 spiro atoms. The van der Waals surface area contributed by atoms with E-state index >= 15 is 0 Å². The number of benzene rings is 3. The smallest absolute Gasteiger partial charge is 0.343 e. The van der Waals surface area contributed by atoms with Crippen LogP contribution in [0.1, 0.15) is 26.3 Å². The Balaban J connectivity index is 1.62. The highest BCUT2D eigenvalue weighted by molar-refractivity contribution is 9.10. The van der Waals surface area contributed by atoms with Crippen molar-refractivity contribution in [3.8, 4) is 5.75 Å². The molecule has 0 N–H and O–H groups in total. The molecule has 0 bridgehead atoms. The van der Waals surface area contributed by atoms with Crippen LogP contribution in [-0.2, 0) is 0 Å². The summed E-state index contributed by atoms with van der Waals surface area (Å²) in [5.41, 5.74) is 1.46. The minimum absolute atomic E-state index is 0.102. The van der Waals surface area contributed by atoms with Crippen LogP contribution in [0, 0.1) is 10.1 Å². The number of ketones is 1. The minimum atomic E-state index is -0.617. The lowest BCUT2D eigenvalue weighted by molar-refractivity contribution is -0.384. The number of carbonyl (C=O) groups is 2. The van der Waals surface area contributed by atoms with Gasteiger partial charge in [0.25, 0.3) is 5.69 Å². The number of rotatable bonds is 6. The number of nitrogens with zero attached hydrogens (tertiary/aromatic N) is 1. The molecule has 0 aromatic heterocycles. The van der Waals surface area contributed by atoms with E-state index in [9.17, 15) is 19.7 Å². The molecule has 29 heavy (non-hydrogen) atoms. The summed E-state index contributed by atoms with van der Waals surface area (Å²) in [6.07, 6.45) is 3.15. The molecule has 0 amide bonds. The predicted octanol–water partition coefficient (Wildman–Crippen LogP) is 5.47. The quantitative estimate of drug-likeness (QED) is 0.124. The Hall–Kier alpha value is -3.58. The zero-order valence-electron chi connectivity index (χ0n) is 14.9. The van der Waals surface area contributed by atoms with Crippen molar-refractivity contribution in [1.29, 1.82) is 0 Å². The van der Waals surface area contributed by atoms with Gasteiger partial charge in [0, 0.05) is 22.2 Å². The fraction of sp³-hybridized carbons (Fsp3) is 0. The van der Waals surface area contributed by atoms with Crippen LogP contribution in [0.3, 0.4) is 0 Å². The summed E-state index contributed by atoms with van der Waals surface area (Å²) in [7, 11) is 0. The fourth-order valence-corrected chi connectivity index (χ4v) is 2.68. The molecule has 3 rings (SSSR count). The number of nitro groups is 1. The van der Waals surface area contributed by atoms with Crippen molar-refractivity contribution >= 4 is 39.4 Å². The van der Waals surface area contributed by atoms with Crippen LogP contribution in [0.25, 0.3) is 6.08 Å². The summed E-state index contributed by atoms with van der Waals surface area (Å²) >= 11 is 3.33. The molecule has 7 heteroatoms. The Morgan fingerprint density at radius 3 is 2.03 bits per heavy atom. The number of hydrogen-bond donors (Lipinski definition) is 0. The lowest BCUT2D eigenvalue weighted by atomic mass is 10.1. The van der Waals surface area contributed by atoms with Gasteiger partial charge >= 0.3 is 5.97 Å². The Bertz CT molecular complexity index is 1070. The van der Waals surface area contributed by atoms with Crippen LogP contribution >= 0.6 is 15.9 Å². The van der Waals surface area contributed by atoms with Crippen molar-refractivity contribution in [1.82, 2.24) is 0 Å². The molecule has 3 aromatic rings. The molecule has 6 nitrogen and oxygen atoms in total. The third-order valence-electron chi connectivity index (χ3n) is 3.96. The lowest BCUT2D eigenvalue weighted by Crippen LogP contribution is -2.08. The molecule has 0 aliphatic rings. The molecule has 0 saturated heterocycles. The highest BCUT2D eigenvalue weighted by Crippen LogP contribution is 2.18. The minimum Gasteiger partial charge on any atom is -0.423 e. The number of nitro benzene ring substituents is 1. The first-order valence-corrected chi connectivity index (χ1v) is 9.26. The summed E-state index contributed by atoms with van der Waals surface area (Å²) in [6, 6.07) is 18.9. The standard InChI is InChI=1S/C22H14BrNO5/c23-18-8-4-16(5-9-18)21(25)14-3-15-1-12-20(13-2-15)29-22(26)17-6-10-19(11-7-17)24(27)28/h1-14H/b14-3+. The van der Waals surface area contributed by atoms with Gasteiger partial charge in [0.05, 0.1) is 10.5 Å². The Morgan fingerprint density at radius 2 is 1.45 bits per heavy atom. The maximum atomic E-state index is 12.2. The fourth-order valence-electron chi connectivity index (χ4n) is 2.41. The van der Waals surface area contributed by atoms with Gasteiger partial charge in [-0.05, 0) is 60.2 Å². The SMILES string of the molecule is O=C(/C=C/c1ccc(OC(=O)c2ccc([N+](=O)[O-])cc2)cc1)c1ccc(Br)cc1. The Labute approximate surface area is 174 Å². The number of non-ortho nitro benzene ring substituents is 1. The summed E-state index contributed by atoms with van der Waals surface area (Å²) in [4.78, 5) is 34.4. The summed E-state index contributed by atoms with van der Waals surface area (Å²) in [6.45, 7) is 0. The molecule has 0 unspecified atom stereocenters. The number of halogens is 1. The lowest BCUT2D eigenvalue weighted by Gasteiger charge is -2.04. The molecule has 0 aliphatic heterocycles. The maximum absolute atomic E-state index is 12.2. The average molecular weight is 452 g/mol. The van der Waals surface area contributed by atoms with Gasteiger partial charge in [0.1, 0.15) is 5.75 Å². The second-order valence-electron chi connectivity index (χ2n) is 5.97.